The van der Waals surface area contributed by atoms with Gasteiger partial charge in [0.25, 0.3) is 0 Å². The van der Waals surface area contributed by atoms with Gasteiger partial charge in [-0.1, -0.05) is 12.1 Å². The van der Waals surface area contributed by atoms with Gasteiger partial charge in [0, 0.05) is 18.0 Å². The number of hydrogen-bond donors (Lipinski definition) is 2. The number of rotatable bonds is 8. The first-order valence-corrected chi connectivity index (χ1v) is 10.1. The topological polar surface area (TPSA) is 128 Å². The molecule has 2 heterocycles. The Bertz CT molecular complexity index is 1200. The van der Waals surface area contributed by atoms with Gasteiger partial charge in [0.1, 0.15) is 17.2 Å². The van der Waals surface area contributed by atoms with Gasteiger partial charge >= 0.3 is 11.9 Å². The lowest BCUT2D eigenvalue weighted by Crippen LogP contribution is -2.17. The van der Waals surface area contributed by atoms with Gasteiger partial charge in [-0.3, -0.25) is 14.6 Å². The van der Waals surface area contributed by atoms with Crippen molar-refractivity contribution in [2.75, 3.05) is 19.0 Å². The first-order chi connectivity index (χ1) is 15.8. The first-order valence-electron chi connectivity index (χ1n) is 10.1. The average molecular weight is 455 g/mol. The number of amides is 1. The zero-order chi connectivity index (χ0) is 24.0. The fraction of sp³-hybridized carbons (Fsp3) is 0.261. The molecule has 0 fully saturated rings. The fourth-order valence-electron chi connectivity index (χ4n) is 3.13. The standard InChI is InChI=1S/C23H22FN3O6/c1-3-33-18(29)9-8-17(28)26-22-16-11-14(10-13-4-6-15(24)7-5-13)12-25-19(16)21(30)20(27-22)23(31)32-2/h4-7,11-12,30H,3,8-10H2,1-2H3,(H,26,27,28). The Morgan fingerprint density at radius 3 is 2.52 bits per heavy atom. The molecule has 0 atom stereocenters. The van der Waals surface area contributed by atoms with Crippen LogP contribution in [0.2, 0.25) is 0 Å². The minimum absolute atomic E-state index is 0.0227. The van der Waals surface area contributed by atoms with Gasteiger partial charge in [-0.05, 0) is 42.7 Å². The lowest BCUT2D eigenvalue weighted by molar-refractivity contribution is -0.144. The second kappa shape index (κ2) is 10.5. The van der Waals surface area contributed by atoms with E-state index in [-0.39, 0.29) is 42.0 Å². The summed E-state index contributed by atoms with van der Waals surface area (Å²) in [6, 6.07) is 7.60. The molecular formula is C23H22FN3O6. The molecule has 0 aliphatic carbocycles. The molecular weight excluding hydrogens is 433 g/mol. The van der Waals surface area contributed by atoms with E-state index in [2.05, 4.69) is 20.0 Å². The molecule has 1 aromatic carbocycles. The van der Waals surface area contributed by atoms with Crippen LogP contribution in [0.15, 0.2) is 36.5 Å². The van der Waals surface area contributed by atoms with Crippen molar-refractivity contribution in [2.45, 2.75) is 26.2 Å². The van der Waals surface area contributed by atoms with Crippen molar-refractivity contribution in [2.24, 2.45) is 0 Å². The van der Waals surface area contributed by atoms with Crippen LogP contribution in [0.1, 0.15) is 41.4 Å². The number of carbonyl (C=O) groups is 3. The van der Waals surface area contributed by atoms with Crippen LogP contribution < -0.4 is 5.32 Å². The Morgan fingerprint density at radius 1 is 1.12 bits per heavy atom. The van der Waals surface area contributed by atoms with Crippen LogP contribution in [0.5, 0.6) is 5.75 Å². The van der Waals surface area contributed by atoms with Crippen molar-refractivity contribution in [1.29, 1.82) is 0 Å². The number of carbonyl (C=O) groups excluding carboxylic acids is 3. The minimum atomic E-state index is -0.909. The summed E-state index contributed by atoms with van der Waals surface area (Å²) in [7, 11) is 1.13. The Hall–Kier alpha value is -4.08. The zero-order valence-corrected chi connectivity index (χ0v) is 18.1. The zero-order valence-electron chi connectivity index (χ0n) is 18.1. The largest absolute Gasteiger partial charge is 0.504 e. The highest BCUT2D eigenvalue weighted by molar-refractivity contribution is 6.05. The average Bonchev–Trinajstić information content (AvgIpc) is 2.80. The van der Waals surface area contributed by atoms with Gasteiger partial charge in [0.2, 0.25) is 5.91 Å². The Balaban J connectivity index is 1.97. The number of halogens is 1. The highest BCUT2D eigenvalue weighted by Gasteiger charge is 2.22. The van der Waals surface area contributed by atoms with E-state index in [9.17, 15) is 23.9 Å². The van der Waals surface area contributed by atoms with Crippen LogP contribution in [0.3, 0.4) is 0 Å². The number of aromatic hydroxyl groups is 1. The van der Waals surface area contributed by atoms with E-state index in [4.69, 9.17) is 4.74 Å². The molecule has 2 aromatic heterocycles. The van der Waals surface area contributed by atoms with Crippen molar-refractivity contribution in [3.8, 4) is 5.75 Å². The minimum Gasteiger partial charge on any atom is -0.504 e. The number of hydrogen-bond acceptors (Lipinski definition) is 8. The molecule has 0 unspecified atom stereocenters. The third kappa shape index (κ3) is 5.79. The molecule has 3 rings (SSSR count). The number of anilines is 1. The second-order valence-electron chi connectivity index (χ2n) is 7.05. The summed E-state index contributed by atoms with van der Waals surface area (Å²) in [6.07, 6.45) is 1.60. The number of esters is 2. The summed E-state index contributed by atoms with van der Waals surface area (Å²) in [5, 5.41) is 13.4. The first kappa shape index (κ1) is 23.6. The summed E-state index contributed by atoms with van der Waals surface area (Å²) in [5.41, 5.74) is 1.14. The molecule has 0 saturated carbocycles. The number of nitrogens with one attached hydrogen (secondary N) is 1. The molecule has 0 aliphatic rings. The van der Waals surface area contributed by atoms with E-state index in [0.717, 1.165) is 12.7 Å². The summed E-state index contributed by atoms with van der Waals surface area (Å²) in [6.45, 7) is 1.87. The molecule has 0 aliphatic heterocycles. The van der Waals surface area contributed by atoms with E-state index < -0.39 is 29.3 Å². The van der Waals surface area contributed by atoms with Crippen molar-refractivity contribution in [3.63, 3.8) is 0 Å². The van der Waals surface area contributed by atoms with Crippen molar-refractivity contribution in [3.05, 3.63) is 59.2 Å². The normalized spacial score (nSPS) is 10.6. The molecule has 0 spiro atoms. The maximum atomic E-state index is 13.2. The molecule has 2 N–H and O–H groups in total. The van der Waals surface area contributed by atoms with Gasteiger partial charge in [0.15, 0.2) is 11.4 Å². The molecule has 0 saturated heterocycles. The van der Waals surface area contributed by atoms with Crippen molar-refractivity contribution < 1.29 is 33.4 Å². The third-order valence-electron chi connectivity index (χ3n) is 4.69. The van der Waals surface area contributed by atoms with E-state index in [1.165, 1.54) is 18.3 Å². The number of fused-ring (bicyclic) bond motifs is 1. The molecule has 33 heavy (non-hydrogen) atoms. The summed E-state index contributed by atoms with van der Waals surface area (Å²) in [4.78, 5) is 44.3. The van der Waals surface area contributed by atoms with Crippen LogP contribution in [0.4, 0.5) is 10.2 Å². The van der Waals surface area contributed by atoms with Gasteiger partial charge in [0.05, 0.1) is 20.1 Å². The van der Waals surface area contributed by atoms with Crippen LogP contribution >= 0.6 is 0 Å². The predicted octanol–water partition coefficient (Wildman–Crippen LogP) is 3.13. The molecule has 0 radical (unpaired) electrons. The van der Waals surface area contributed by atoms with E-state index in [1.54, 1.807) is 25.1 Å². The molecule has 0 bridgehead atoms. The van der Waals surface area contributed by atoms with Crippen LogP contribution in [-0.2, 0) is 25.5 Å². The molecule has 9 nitrogen and oxygen atoms in total. The van der Waals surface area contributed by atoms with Crippen LogP contribution in [-0.4, -0.2) is 46.6 Å². The number of pyridine rings is 2. The number of benzene rings is 1. The van der Waals surface area contributed by atoms with Crippen LogP contribution in [0, 0.1) is 5.82 Å². The number of aromatic nitrogens is 2. The number of nitrogens with zero attached hydrogens (tertiary/aromatic N) is 2. The molecule has 172 valence electrons. The summed E-state index contributed by atoms with van der Waals surface area (Å²) in [5.74, 6) is -2.83. The van der Waals surface area contributed by atoms with E-state index in [0.29, 0.717) is 12.0 Å². The highest BCUT2D eigenvalue weighted by Crippen LogP contribution is 2.32. The van der Waals surface area contributed by atoms with Gasteiger partial charge in [-0.15, -0.1) is 0 Å². The monoisotopic (exact) mass is 455 g/mol. The Kier molecular flexibility index (Phi) is 7.50. The summed E-state index contributed by atoms with van der Waals surface area (Å²) < 4.78 is 22.6. The third-order valence-corrected chi connectivity index (χ3v) is 4.69. The van der Waals surface area contributed by atoms with Gasteiger partial charge in [-0.25, -0.2) is 14.2 Å². The smallest absolute Gasteiger partial charge is 0.360 e. The Morgan fingerprint density at radius 2 is 1.85 bits per heavy atom. The Labute approximate surface area is 188 Å². The lowest BCUT2D eigenvalue weighted by atomic mass is 10.0. The summed E-state index contributed by atoms with van der Waals surface area (Å²) >= 11 is 0. The van der Waals surface area contributed by atoms with Gasteiger partial charge in [-0.2, -0.15) is 0 Å². The van der Waals surface area contributed by atoms with Crippen molar-refractivity contribution in [1.82, 2.24) is 9.97 Å². The second-order valence-corrected chi connectivity index (χ2v) is 7.05. The van der Waals surface area contributed by atoms with E-state index >= 15 is 0 Å². The quantitative estimate of drug-likeness (QED) is 0.496. The van der Waals surface area contributed by atoms with Crippen LogP contribution in [0.25, 0.3) is 10.9 Å². The predicted molar refractivity (Wildman–Crippen MR) is 116 cm³/mol. The highest BCUT2D eigenvalue weighted by atomic mass is 19.1. The molecule has 3 aromatic rings. The number of ether oxygens (including phenoxy) is 2. The maximum absolute atomic E-state index is 13.2. The fourth-order valence-corrected chi connectivity index (χ4v) is 3.13. The maximum Gasteiger partial charge on any atom is 0.360 e. The number of methoxy groups -OCH3 is 1. The lowest BCUT2D eigenvalue weighted by Gasteiger charge is -2.13. The molecule has 1 amide bonds. The van der Waals surface area contributed by atoms with E-state index in [1.807, 2.05) is 0 Å². The van der Waals surface area contributed by atoms with Crippen molar-refractivity contribution >= 4 is 34.6 Å². The SMILES string of the molecule is CCOC(=O)CCC(=O)Nc1nc(C(=O)OC)c(O)c2ncc(Cc3ccc(F)cc3)cc12. The molecule has 10 heteroatoms. The van der Waals surface area contributed by atoms with Gasteiger partial charge < -0.3 is 19.9 Å².